The van der Waals surface area contributed by atoms with Gasteiger partial charge >= 0.3 is 5.97 Å². The second-order valence-electron chi connectivity index (χ2n) is 12.4. The highest BCUT2D eigenvalue weighted by atomic mass is 16.5. The smallest absolute Gasteiger partial charge is 0.343 e. The number of carbonyl (C=O) groups is 2. The van der Waals surface area contributed by atoms with E-state index in [1.54, 1.807) is 31.5 Å². The number of aromatic amines is 2. The Bertz CT molecular complexity index is 1590. The Morgan fingerprint density at radius 3 is 2.80 bits per heavy atom. The Balaban J connectivity index is 1.44. The standard InChI is InChI=1S/C31H39N7O6/c1-16-21(6-5-18-11-20(44-27(18)43)12-19-14-35-28(32)37-26(19)42)30(3)8-7-24(40)31(4,15-39)23(30)13-22(16)36-17(2)25(41)38-29-33-9-10-34-29/h5-6,9-12,14,17,21-24,36,39-40H,1,7-8,13,15H2,2-4H3,(H3,32,35,37,42)(H2,33,34,38,41)/b6-5+,20-12+/t17?,21?,22?,23?,24-,30-,31+/m1/s1. The highest BCUT2D eigenvalue weighted by Crippen LogP contribution is 2.61. The Labute approximate surface area is 254 Å². The van der Waals surface area contributed by atoms with Crippen molar-refractivity contribution in [1.29, 1.82) is 0 Å². The number of amides is 1. The molecule has 3 heterocycles. The molecule has 2 aliphatic carbocycles. The molecule has 2 fully saturated rings. The predicted octanol–water partition coefficient (Wildman–Crippen LogP) is 1.79. The molecule has 234 valence electrons. The van der Waals surface area contributed by atoms with Gasteiger partial charge in [0.2, 0.25) is 11.9 Å². The average molecular weight is 606 g/mol. The molecule has 2 aromatic heterocycles. The van der Waals surface area contributed by atoms with E-state index in [0.29, 0.717) is 25.2 Å². The fraction of sp³-hybridized carbons (Fsp3) is 0.452. The summed E-state index contributed by atoms with van der Waals surface area (Å²) in [4.78, 5) is 51.1. The number of aliphatic hydroxyl groups is 2. The first-order valence-corrected chi connectivity index (χ1v) is 14.6. The van der Waals surface area contributed by atoms with Gasteiger partial charge in [-0.3, -0.25) is 25.2 Å². The normalized spacial score (nSPS) is 31.9. The van der Waals surface area contributed by atoms with Crippen molar-refractivity contribution in [3.8, 4) is 0 Å². The molecule has 5 rings (SSSR count). The van der Waals surface area contributed by atoms with E-state index in [2.05, 4.69) is 44.1 Å². The van der Waals surface area contributed by atoms with Crippen LogP contribution in [0, 0.1) is 22.7 Å². The van der Waals surface area contributed by atoms with Crippen LogP contribution in [0.2, 0.25) is 0 Å². The molecule has 13 heteroatoms. The van der Waals surface area contributed by atoms with Crippen molar-refractivity contribution in [1.82, 2.24) is 25.3 Å². The summed E-state index contributed by atoms with van der Waals surface area (Å²) >= 11 is 0. The van der Waals surface area contributed by atoms with E-state index in [4.69, 9.17) is 10.5 Å². The van der Waals surface area contributed by atoms with Crippen molar-refractivity contribution in [3.63, 3.8) is 0 Å². The molecule has 44 heavy (non-hydrogen) atoms. The number of carbonyl (C=O) groups excluding carboxylic acids is 2. The molecule has 4 unspecified atom stereocenters. The number of rotatable bonds is 8. The third-order valence-corrected chi connectivity index (χ3v) is 9.62. The van der Waals surface area contributed by atoms with Gasteiger partial charge in [-0.1, -0.05) is 38.2 Å². The van der Waals surface area contributed by atoms with E-state index in [0.717, 1.165) is 5.57 Å². The minimum absolute atomic E-state index is 0.0212. The first kappa shape index (κ1) is 31.1. The molecule has 8 N–H and O–H groups in total. The van der Waals surface area contributed by atoms with E-state index >= 15 is 0 Å². The molecule has 0 bridgehead atoms. The average Bonchev–Trinajstić information content (AvgIpc) is 3.62. The number of aliphatic hydroxyl groups excluding tert-OH is 2. The number of esters is 1. The van der Waals surface area contributed by atoms with Gasteiger partial charge in [0.1, 0.15) is 5.76 Å². The molecule has 1 aliphatic heterocycles. The van der Waals surface area contributed by atoms with Crippen LogP contribution in [0.3, 0.4) is 0 Å². The minimum atomic E-state index is -0.791. The number of ether oxygens (including phenoxy) is 1. The van der Waals surface area contributed by atoms with Gasteiger partial charge in [0, 0.05) is 36.0 Å². The summed E-state index contributed by atoms with van der Waals surface area (Å²) in [7, 11) is 0. The highest BCUT2D eigenvalue weighted by molar-refractivity contribution is 5.96. The summed E-state index contributed by atoms with van der Waals surface area (Å²) in [6, 6.07) is -0.947. The van der Waals surface area contributed by atoms with Crippen LogP contribution in [-0.2, 0) is 14.3 Å². The van der Waals surface area contributed by atoms with Crippen molar-refractivity contribution in [2.24, 2.45) is 22.7 Å². The van der Waals surface area contributed by atoms with Crippen LogP contribution in [0.15, 0.2) is 65.1 Å². The molecule has 1 amide bonds. The molecule has 0 spiro atoms. The van der Waals surface area contributed by atoms with Gasteiger partial charge in [-0.2, -0.15) is 0 Å². The van der Waals surface area contributed by atoms with E-state index < -0.39 is 34.5 Å². The third-order valence-electron chi connectivity index (χ3n) is 9.62. The molecule has 0 saturated heterocycles. The molecule has 3 aliphatic rings. The van der Waals surface area contributed by atoms with Crippen LogP contribution in [0.5, 0.6) is 0 Å². The van der Waals surface area contributed by atoms with Crippen molar-refractivity contribution < 1.29 is 24.5 Å². The zero-order valence-electron chi connectivity index (χ0n) is 25.0. The van der Waals surface area contributed by atoms with E-state index in [1.807, 2.05) is 13.0 Å². The number of H-pyrrole nitrogens is 2. The fourth-order valence-electron chi connectivity index (χ4n) is 7.01. The van der Waals surface area contributed by atoms with E-state index in [-0.39, 0.29) is 53.2 Å². The van der Waals surface area contributed by atoms with Gasteiger partial charge in [-0.15, -0.1) is 0 Å². The number of hydrogen-bond donors (Lipinski definition) is 7. The van der Waals surface area contributed by atoms with Crippen molar-refractivity contribution >= 4 is 29.8 Å². The van der Waals surface area contributed by atoms with Crippen LogP contribution in [-0.4, -0.2) is 66.8 Å². The number of allylic oxidation sites excluding steroid dienone is 2. The first-order chi connectivity index (χ1) is 20.9. The Morgan fingerprint density at radius 2 is 2.11 bits per heavy atom. The lowest BCUT2D eigenvalue weighted by Gasteiger charge is -2.61. The fourth-order valence-corrected chi connectivity index (χ4v) is 7.01. The number of anilines is 2. The maximum atomic E-state index is 12.9. The monoisotopic (exact) mass is 605 g/mol. The highest BCUT2D eigenvalue weighted by Gasteiger charge is 2.59. The van der Waals surface area contributed by atoms with Crippen molar-refractivity contribution in [2.75, 3.05) is 17.7 Å². The quantitative estimate of drug-likeness (QED) is 0.171. The predicted molar refractivity (Wildman–Crippen MR) is 163 cm³/mol. The van der Waals surface area contributed by atoms with Crippen LogP contribution in [0.1, 0.15) is 45.6 Å². The molecular weight excluding hydrogens is 566 g/mol. The van der Waals surface area contributed by atoms with Gasteiger partial charge in [0.05, 0.1) is 29.9 Å². The molecule has 2 aromatic rings. The van der Waals surface area contributed by atoms with Crippen LogP contribution >= 0.6 is 0 Å². The van der Waals surface area contributed by atoms with Crippen molar-refractivity contribution in [3.05, 3.63) is 76.2 Å². The van der Waals surface area contributed by atoms with Gasteiger partial charge in [-0.25, -0.2) is 14.8 Å². The summed E-state index contributed by atoms with van der Waals surface area (Å²) in [5, 5.41) is 27.7. The maximum absolute atomic E-state index is 12.9. The van der Waals surface area contributed by atoms with Crippen LogP contribution in [0.25, 0.3) is 6.08 Å². The number of imidazole rings is 1. The number of nitrogens with one attached hydrogen (secondary N) is 4. The number of nitrogens with two attached hydrogens (primary N) is 1. The molecular formula is C31H39N7O6. The molecule has 0 aromatic carbocycles. The Kier molecular flexibility index (Phi) is 8.47. The van der Waals surface area contributed by atoms with Gasteiger partial charge < -0.3 is 25.7 Å². The zero-order chi connectivity index (χ0) is 31.8. The van der Waals surface area contributed by atoms with Gasteiger partial charge in [-0.05, 0) is 49.7 Å². The largest absolute Gasteiger partial charge is 0.423 e. The second kappa shape index (κ2) is 12.0. The van der Waals surface area contributed by atoms with E-state index in [1.165, 1.54) is 12.3 Å². The number of aromatic nitrogens is 4. The molecule has 13 nitrogen and oxygen atoms in total. The number of nitrogen functional groups attached to an aromatic ring is 1. The SMILES string of the molecule is C=C1C(NC(C)C(=O)Nc2ncc[nH]2)CC2[C@](C)(CC[C@@H](O)[C@@]2(C)CO)C1/C=C/C1=CC(=C\c2cnc(N)[nH]c2=O)/OC1=O. The zero-order valence-corrected chi connectivity index (χ0v) is 25.0. The lowest BCUT2D eigenvalue weighted by Crippen LogP contribution is -2.61. The van der Waals surface area contributed by atoms with Crippen molar-refractivity contribution in [2.45, 2.75) is 58.2 Å². The maximum Gasteiger partial charge on any atom is 0.343 e. The van der Waals surface area contributed by atoms with Crippen LogP contribution < -0.4 is 21.9 Å². The number of fused-ring (bicyclic) bond motifs is 1. The summed E-state index contributed by atoms with van der Waals surface area (Å²) < 4.78 is 5.38. The topological polar surface area (TPSA) is 208 Å². The lowest BCUT2D eigenvalue weighted by molar-refractivity contribution is -0.149. The van der Waals surface area contributed by atoms with Crippen LogP contribution in [0.4, 0.5) is 11.9 Å². The summed E-state index contributed by atoms with van der Waals surface area (Å²) in [5.74, 6) is -0.780. The van der Waals surface area contributed by atoms with E-state index in [9.17, 15) is 24.6 Å². The first-order valence-electron chi connectivity index (χ1n) is 14.6. The number of hydrogen-bond acceptors (Lipinski definition) is 10. The van der Waals surface area contributed by atoms with Gasteiger partial charge in [0.25, 0.3) is 5.56 Å². The third kappa shape index (κ3) is 5.77. The second-order valence-corrected chi connectivity index (χ2v) is 12.4. The lowest BCUT2D eigenvalue weighted by atomic mass is 9.45. The molecule has 2 saturated carbocycles. The number of cyclic esters (lactones) is 1. The Hall–Kier alpha value is -4.33. The minimum Gasteiger partial charge on any atom is -0.423 e. The summed E-state index contributed by atoms with van der Waals surface area (Å²) in [5.41, 5.74) is 5.14. The summed E-state index contributed by atoms with van der Waals surface area (Å²) in [6.07, 6.45) is 12.0. The van der Waals surface area contributed by atoms with Gasteiger partial charge in [0.15, 0.2) is 5.95 Å². The molecule has 7 atom stereocenters. The number of nitrogens with zero attached hydrogens (tertiary/aromatic N) is 2. The molecule has 0 radical (unpaired) electrons. The Morgan fingerprint density at radius 1 is 1.34 bits per heavy atom. The summed E-state index contributed by atoms with van der Waals surface area (Å²) in [6.45, 7) is 10.0.